The molecule has 12 heavy (non-hydrogen) atoms. The molecule has 0 saturated carbocycles. The maximum Gasteiger partial charge on any atom is 0.511 e. The van der Waals surface area contributed by atoms with Crippen molar-refractivity contribution in [2.75, 3.05) is 12.4 Å². The lowest BCUT2D eigenvalue weighted by atomic mass is 11.3. The highest BCUT2D eigenvalue weighted by Gasteiger charge is 2.25. The van der Waals surface area contributed by atoms with E-state index in [0.717, 1.165) is 7.11 Å². The van der Waals surface area contributed by atoms with E-state index in [-0.39, 0.29) is 5.34 Å². The molecule has 3 nitrogen and oxygen atoms in total. The van der Waals surface area contributed by atoms with Crippen LogP contribution in [-0.2, 0) is 9.47 Å². The predicted octanol–water partition coefficient (Wildman–Crippen LogP) is 3.52. The second-order valence-corrected chi connectivity index (χ2v) is 4.09. The van der Waals surface area contributed by atoms with E-state index < -0.39 is 10.1 Å². The maximum atomic E-state index is 10.1. The lowest BCUT2D eigenvalue weighted by Crippen LogP contribution is -2.15. The number of methoxy groups -OCH3 is 1. The van der Waals surface area contributed by atoms with Gasteiger partial charge in [-0.3, -0.25) is 0 Å². The Labute approximate surface area is 94.7 Å². The van der Waals surface area contributed by atoms with Gasteiger partial charge in [0.1, 0.15) is 0 Å². The van der Waals surface area contributed by atoms with Gasteiger partial charge in [-0.1, -0.05) is 0 Å². The summed E-state index contributed by atoms with van der Waals surface area (Å²) >= 11 is 24.6. The molecule has 0 heterocycles. The summed E-state index contributed by atoms with van der Waals surface area (Å²) in [5.41, 5.74) is 0. The Morgan fingerprint density at radius 1 is 1.33 bits per heavy atom. The highest BCUT2D eigenvalue weighted by Crippen LogP contribution is 2.27. The van der Waals surface area contributed by atoms with Gasteiger partial charge in [-0.05, 0) is 34.8 Å². The zero-order valence-electron chi connectivity index (χ0n) is 5.82. The van der Waals surface area contributed by atoms with E-state index in [0.29, 0.717) is 0 Å². The normalized spacial score (nSPS) is 9.50. The van der Waals surface area contributed by atoms with Gasteiger partial charge in [-0.2, -0.15) is 0 Å². The Balaban J connectivity index is 0. The summed E-state index contributed by atoms with van der Waals surface area (Å²) in [6.07, 6.45) is -1.03. The van der Waals surface area contributed by atoms with Gasteiger partial charge in [0.15, 0.2) is 0 Å². The molecule has 8 heteroatoms. The number of carbonyl (C=O) groups is 1. The van der Waals surface area contributed by atoms with Crippen LogP contribution in [0.15, 0.2) is 0 Å². The summed E-state index contributed by atoms with van der Waals surface area (Å²) in [5.74, 6) is 0. The fourth-order valence-electron chi connectivity index (χ4n) is 0.136. The third-order valence-electron chi connectivity index (χ3n) is 0.366. The van der Waals surface area contributed by atoms with Crippen LogP contribution in [0.25, 0.3) is 0 Å². The molecule has 0 spiro atoms. The third kappa shape index (κ3) is 17.0. The number of halogens is 5. The first-order valence-electron chi connectivity index (χ1n) is 2.33. The Morgan fingerprint density at radius 2 is 1.67 bits per heavy atom. The standard InChI is InChI=1S/C3H3Cl3O3.CH2Cl2/c1-8-2(7)9-3(4,5)6;2-1-3/h1H3;1H2. The molecule has 0 radical (unpaired) electrons. The number of carbonyl (C=O) groups excluding carboxylic acids is 1. The van der Waals surface area contributed by atoms with Crippen LogP contribution < -0.4 is 0 Å². The van der Waals surface area contributed by atoms with E-state index in [1.807, 2.05) is 0 Å². The van der Waals surface area contributed by atoms with Crippen molar-refractivity contribution in [2.45, 2.75) is 3.98 Å². The molecule has 0 aromatic carbocycles. The molecule has 0 unspecified atom stereocenters. The highest BCUT2D eigenvalue weighted by molar-refractivity contribution is 6.66. The Morgan fingerprint density at radius 3 is 1.75 bits per heavy atom. The van der Waals surface area contributed by atoms with Gasteiger partial charge in [0.05, 0.1) is 12.4 Å². The molecular weight excluding hydrogens is 273 g/mol. The molecule has 0 aromatic rings. The smallest absolute Gasteiger partial charge is 0.438 e. The molecule has 0 fully saturated rings. The first kappa shape index (κ1) is 15.2. The van der Waals surface area contributed by atoms with Crippen LogP contribution in [0.1, 0.15) is 0 Å². The van der Waals surface area contributed by atoms with Gasteiger partial charge in [-0.15, -0.1) is 23.2 Å². The molecule has 74 valence electrons. The molecule has 0 aliphatic rings. The van der Waals surface area contributed by atoms with E-state index in [1.54, 1.807) is 0 Å². The van der Waals surface area contributed by atoms with E-state index in [1.165, 1.54) is 0 Å². The van der Waals surface area contributed by atoms with Crippen LogP contribution in [-0.4, -0.2) is 22.6 Å². The fraction of sp³-hybridized carbons (Fsp3) is 0.750. The van der Waals surface area contributed by atoms with Crippen molar-refractivity contribution in [1.29, 1.82) is 0 Å². The molecule has 0 aromatic heterocycles. The van der Waals surface area contributed by atoms with Crippen LogP contribution in [0, 0.1) is 0 Å². The largest absolute Gasteiger partial charge is 0.511 e. The van der Waals surface area contributed by atoms with Gasteiger partial charge in [0, 0.05) is 0 Å². The Kier molecular flexibility index (Phi) is 10.5. The first-order chi connectivity index (χ1) is 5.37. The number of ether oxygens (including phenoxy) is 2. The van der Waals surface area contributed by atoms with Crippen molar-refractivity contribution in [3.8, 4) is 0 Å². The fourth-order valence-corrected chi connectivity index (χ4v) is 0.325. The van der Waals surface area contributed by atoms with Crippen LogP contribution in [0.5, 0.6) is 0 Å². The van der Waals surface area contributed by atoms with Crippen molar-refractivity contribution in [3.05, 3.63) is 0 Å². The highest BCUT2D eigenvalue weighted by atomic mass is 35.6. The lowest BCUT2D eigenvalue weighted by molar-refractivity contribution is 0.0704. The second kappa shape index (κ2) is 8.32. The van der Waals surface area contributed by atoms with Crippen LogP contribution in [0.2, 0.25) is 0 Å². The topological polar surface area (TPSA) is 35.5 Å². The summed E-state index contributed by atoms with van der Waals surface area (Å²) in [6, 6.07) is 0. The van der Waals surface area contributed by atoms with Crippen LogP contribution in [0.3, 0.4) is 0 Å². The minimum atomic E-state index is -2.03. The van der Waals surface area contributed by atoms with Crippen molar-refractivity contribution in [3.63, 3.8) is 0 Å². The molecule has 0 amide bonds. The summed E-state index contributed by atoms with van der Waals surface area (Å²) in [6.45, 7) is 0. The minimum Gasteiger partial charge on any atom is -0.438 e. The summed E-state index contributed by atoms with van der Waals surface area (Å²) < 4.78 is 6.00. The molecule has 0 atom stereocenters. The zero-order valence-corrected chi connectivity index (χ0v) is 9.60. The summed E-state index contributed by atoms with van der Waals surface area (Å²) in [7, 11) is 1.11. The molecule has 0 rings (SSSR count). The Bertz CT molecular complexity index is 122. The molecule has 0 bridgehead atoms. The average Bonchev–Trinajstić information content (AvgIpc) is 1.86. The Hall–Kier alpha value is 0.720. The lowest BCUT2D eigenvalue weighted by Gasteiger charge is -2.09. The number of hydrogen-bond donors (Lipinski definition) is 0. The minimum absolute atomic E-state index is 0.194. The SMILES string of the molecule is COC(=O)OC(Cl)(Cl)Cl.ClCCl. The van der Waals surface area contributed by atoms with Crippen molar-refractivity contribution in [1.82, 2.24) is 0 Å². The molecule has 0 N–H and O–H groups in total. The number of rotatable bonds is 0. The van der Waals surface area contributed by atoms with Crippen molar-refractivity contribution in [2.24, 2.45) is 0 Å². The second-order valence-electron chi connectivity index (χ2n) is 1.10. The third-order valence-corrected chi connectivity index (χ3v) is 0.597. The van der Waals surface area contributed by atoms with Crippen LogP contribution in [0.4, 0.5) is 4.79 Å². The predicted molar refractivity (Wildman–Crippen MR) is 50.4 cm³/mol. The summed E-state index contributed by atoms with van der Waals surface area (Å²) in [5, 5.41) is 0.194. The van der Waals surface area contributed by atoms with Crippen LogP contribution >= 0.6 is 58.0 Å². The summed E-state index contributed by atoms with van der Waals surface area (Å²) in [4.78, 5) is 10.1. The van der Waals surface area contributed by atoms with Gasteiger partial charge >= 0.3 is 10.1 Å². The average molecular weight is 278 g/mol. The molecule has 0 aliphatic carbocycles. The van der Waals surface area contributed by atoms with E-state index in [9.17, 15) is 4.79 Å². The van der Waals surface area contributed by atoms with Gasteiger partial charge < -0.3 is 9.47 Å². The van der Waals surface area contributed by atoms with E-state index in [4.69, 9.17) is 58.0 Å². The first-order valence-corrected chi connectivity index (χ1v) is 4.53. The zero-order chi connectivity index (χ0) is 10.2. The van der Waals surface area contributed by atoms with Crippen molar-refractivity contribution >= 4 is 64.2 Å². The van der Waals surface area contributed by atoms with E-state index in [2.05, 4.69) is 9.47 Å². The molecule has 0 saturated heterocycles. The quantitative estimate of drug-likeness (QED) is 0.502. The van der Waals surface area contributed by atoms with Gasteiger partial charge in [0.25, 0.3) is 0 Å². The van der Waals surface area contributed by atoms with E-state index >= 15 is 0 Å². The van der Waals surface area contributed by atoms with Gasteiger partial charge in [0.2, 0.25) is 0 Å². The van der Waals surface area contributed by atoms with Gasteiger partial charge in [-0.25, -0.2) is 4.79 Å². The monoisotopic (exact) mass is 276 g/mol. The number of alkyl halides is 5. The maximum absolute atomic E-state index is 10.1. The molecular formula is C4H5Cl5O3. The van der Waals surface area contributed by atoms with Crippen molar-refractivity contribution < 1.29 is 14.3 Å². The molecule has 0 aliphatic heterocycles. The number of hydrogen-bond acceptors (Lipinski definition) is 3.